The molecule has 1 aliphatic carbocycles. The first-order chi connectivity index (χ1) is 7.45. The molecule has 1 rings (SSSR count). The van der Waals surface area contributed by atoms with Crippen molar-refractivity contribution in [2.24, 2.45) is 0 Å². The summed E-state index contributed by atoms with van der Waals surface area (Å²) in [6, 6.07) is 0.715. The van der Waals surface area contributed by atoms with Crippen LogP contribution in [0, 0.1) is 0 Å². The van der Waals surface area contributed by atoms with Crippen LogP contribution >= 0.6 is 0 Å². The number of nitrogens with one attached hydrogen (secondary N) is 2. The van der Waals surface area contributed by atoms with E-state index in [0.717, 1.165) is 32.2 Å². The number of hydrogen-bond donors (Lipinski definition) is 2. The third-order valence-electron chi connectivity index (χ3n) is 3.17. The van der Waals surface area contributed by atoms with E-state index in [0.29, 0.717) is 6.04 Å². The van der Waals surface area contributed by atoms with Gasteiger partial charge in [0.1, 0.15) is 0 Å². The molecule has 0 spiro atoms. The van der Waals surface area contributed by atoms with Gasteiger partial charge in [0.2, 0.25) is 10.0 Å². The molecule has 1 aliphatic rings. The second kappa shape index (κ2) is 5.98. The smallest absolute Gasteiger partial charge is 0.214 e. The summed E-state index contributed by atoms with van der Waals surface area (Å²) in [6.07, 6.45) is 4.03. The van der Waals surface area contributed by atoms with Crippen molar-refractivity contribution in [1.82, 2.24) is 10.0 Å². The topological polar surface area (TPSA) is 58.2 Å². The van der Waals surface area contributed by atoms with Crippen molar-refractivity contribution in [2.45, 2.75) is 63.8 Å². The summed E-state index contributed by atoms with van der Waals surface area (Å²) < 4.78 is 26.2. The molecule has 0 unspecified atom stereocenters. The lowest BCUT2D eigenvalue weighted by atomic mass is 9.92. The minimum absolute atomic E-state index is 0.141. The van der Waals surface area contributed by atoms with E-state index in [9.17, 15) is 8.42 Å². The summed E-state index contributed by atoms with van der Waals surface area (Å²) in [6.45, 7) is 6.53. The predicted octanol–water partition coefficient (Wildman–Crippen LogP) is 1.23. The molecule has 16 heavy (non-hydrogen) atoms. The highest BCUT2D eigenvalue weighted by Gasteiger charge is 2.25. The van der Waals surface area contributed by atoms with Crippen LogP contribution in [0.3, 0.4) is 0 Å². The molecule has 0 amide bonds. The Morgan fingerprint density at radius 3 is 2.06 bits per heavy atom. The fourth-order valence-corrected chi connectivity index (χ4v) is 3.04. The second-order valence-electron chi connectivity index (χ2n) is 4.82. The van der Waals surface area contributed by atoms with E-state index in [1.54, 1.807) is 13.8 Å². The Morgan fingerprint density at radius 1 is 1.12 bits per heavy atom. The number of sulfonamides is 1. The summed E-state index contributed by atoms with van der Waals surface area (Å²) in [5.74, 6) is 0. The van der Waals surface area contributed by atoms with Crippen LogP contribution in [0.5, 0.6) is 0 Å². The first-order valence-corrected chi connectivity index (χ1v) is 7.75. The van der Waals surface area contributed by atoms with Gasteiger partial charge in [-0.05, 0) is 46.1 Å². The van der Waals surface area contributed by atoms with Crippen LogP contribution in [-0.2, 0) is 10.0 Å². The van der Waals surface area contributed by atoms with Gasteiger partial charge in [-0.3, -0.25) is 0 Å². The van der Waals surface area contributed by atoms with Gasteiger partial charge in [0.05, 0.1) is 5.25 Å². The summed E-state index contributed by atoms with van der Waals surface area (Å²) >= 11 is 0. The van der Waals surface area contributed by atoms with Crippen molar-refractivity contribution in [3.05, 3.63) is 0 Å². The zero-order valence-electron chi connectivity index (χ0n) is 10.5. The van der Waals surface area contributed by atoms with E-state index < -0.39 is 10.0 Å². The van der Waals surface area contributed by atoms with E-state index >= 15 is 0 Å². The average molecular weight is 248 g/mol. The third kappa shape index (κ3) is 4.03. The van der Waals surface area contributed by atoms with E-state index in [1.165, 1.54) is 0 Å². The van der Waals surface area contributed by atoms with Gasteiger partial charge in [0, 0.05) is 12.1 Å². The van der Waals surface area contributed by atoms with Crippen LogP contribution in [-0.4, -0.2) is 32.3 Å². The average Bonchev–Trinajstić information content (AvgIpc) is 2.21. The Labute approximate surface area is 99.2 Å². The fourth-order valence-electron chi connectivity index (χ4n) is 2.07. The van der Waals surface area contributed by atoms with Crippen molar-refractivity contribution in [3.63, 3.8) is 0 Å². The Hall–Kier alpha value is -0.130. The Balaban J connectivity index is 2.38. The molecule has 0 aromatic rings. The zero-order valence-corrected chi connectivity index (χ0v) is 11.3. The lowest BCUT2D eigenvalue weighted by molar-refractivity contribution is 0.333. The summed E-state index contributed by atoms with van der Waals surface area (Å²) in [5.41, 5.74) is 0. The normalized spacial score (nSPS) is 27.2. The SMILES string of the molecule is CCNC1CCC(NS(=O)(=O)C(C)C)CC1. The maximum absolute atomic E-state index is 11.7. The van der Waals surface area contributed by atoms with Crippen molar-refractivity contribution in [1.29, 1.82) is 0 Å². The molecule has 2 N–H and O–H groups in total. The second-order valence-corrected chi connectivity index (χ2v) is 7.09. The molecule has 0 bridgehead atoms. The maximum Gasteiger partial charge on any atom is 0.214 e. The highest BCUT2D eigenvalue weighted by molar-refractivity contribution is 7.90. The van der Waals surface area contributed by atoms with Crippen LogP contribution < -0.4 is 10.0 Å². The number of hydrogen-bond acceptors (Lipinski definition) is 3. The van der Waals surface area contributed by atoms with Crippen molar-refractivity contribution in [3.8, 4) is 0 Å². The van der Waals surface area contributed by atoms with Gasteiger partial charge in [0.15, 0.2) is 0 Å². The third-order valence-corrected chi connectivity index (χ3v) is 5.07. The van der Waals surface area contributed by atoms with Crippen LogP contribution in [0.2, 0.25) is 0 Å². The minimum Gasteiger partial charge on any atom is -0.314 e. The first-order valence-electron chi connectivity index (χ1n) is 6.20. The minimum atomic E-state index is -3.10. The number of rotatable bonds is 5. The largest absolute Gasteiger partial charge is 0.314 e. The van der Waals surface area contributed by atoms with E-state index in [-0.39, 0.29) is 11.3 Å². The van der Waals surface area contributed by atoms with Gasteiger partial charge in [0.25, 0.3) is 0 Å². The quantitative estimate of drug-likeness (QED) is 0.769. The van der Waals surface area contributed by atoms with Gasteiger partial charge in [-0.25, -0.2) is 13.1 Å². The zero-order chi connectivity index (χ0) is 12.2. The maximum atomic E-state index is 11.7. The molecule has 0 heterocycles. The molecule has 96 valence electrons. The van der Waals surface area contributed by atoms with E-state index in [4.69, 9.17) is 0 Å². The molecule has 4 nitrogen and oxygen atoms in total. The van der Waals surface area contributed by atoms with Crippen molar-refractivity contribution >= 4 is 10.0 Å². The molecule has 0 saturated heterocycles. The van der Waals surface area contributed by atoms with Crippen LogP contribution in [0.15, 0.2) is 0 Å². The van der Waals surface area contributed by atoms with Gasteiger partial charge in [-0.2, -0.15) is 0 Å². The lowest BCUT2D eigenvalue weighted by Crippen LogP contribution is -2.44. The highest BCUT2D eigenvalue weighted by Crippen LogP contribution is 2.19. The lowest BCUT2D eigenvalue weighted by Gasteiger charge is -2.29. The molecular weight excluding hydrogens is 224 g/mol. The summed E-state index contributed by atoms with van der Waals surface area (Å²) in [7, 11) is -3.10. The first kappa shape index (κ1) is 13.9. The van der Waals surface area contributed by atoms with Crippen molar-refractivity contribution in [2.75, 3.05) is 6.54 Å². The van der Waals surface area contributed by atoms with Gasteiger partial charge >= 0.3 is 0 Å². The van der Waals surface area contributed by atoms with Crippen LogP contribution in [0.25, 0.3) is 0 Å². The fraction of sp³-hybridized carbons (Fsp3) is 1.00. The summed E-state index contributed by atoms with van der Waals surface area (Å²) in [4.78, 5) is 0. The van der Waals surface area contributed by atoms with Gasteiger partial charge < -0.3 is 5.32 Å². The molecular formula is C11H24N2O2S. The molecule has 0 radical (unpaired) electrons. The monoisotopic (exact) mass is 248 g/mol. The summed E-state index contributed by atoms with van der Waals surface area (Å²) in [5, 5.41) is 3.08. The van der Waals surface area contributed by atoms with Gasteiger partial charge in [-0.1, -0.05) is 6.92 Å². The Morgan fingerprint density at radius 2 is 1.62 bits per heavy atom. The molecule has 0 atom stereocenters. The highest BCUT2D eigenvalue weighted by atomic mass is 32.2. The Kier molecular flexibility index (Phi) is 5.21. The van der Waals surface area contributed by atoms with E-state index in [1.807, 2.05) is 0 Å². The van der Waals surface area contributed by atoms with Crippen molar-refractivity contribution < 1.29 is 8.42 Å². The predicted molar refractivity (Wildman–Crippen MR) is 66.9 cm³/mol. The molecule has 0 aromatic carbocycles. The van der Waals surface area contributed by atoms with Crippen LogP contribution in [0.4, 0.5) is 0 Å². The standard InChI is InChI=1S/C11H24N2O2S/c1-4-12-10-5-7-11(8-6-10)13-16(14,15)9(2)3/h9-13H,4-8H2,1-3H3. The van der Waals surface area contributed by atoms with E-state index in [2.05, 4.69) is 17.0 Å². The molecule has 1 saturated carbocycles. The van der Waals surface area contributed by atoms with Crippen LogP contribution in [0.1, 0.15) is 46.5 Å². The Bertz CT molecular complexity index is 293. The van der Waals surface area contributed by atoms with Gasteiger partial charge in [-0.15, -0.1) is 0 Å². The molecule has 1 fully saturated rings. The molecule has 0 aromatic heterocycles. The molecule has 5 heteroatoms. The molecule has 0 aliphatic heterocycles.